The van der Waals surface area contributed by atoms with Crippen LogP contribution in [0, 0.1) is 5.41 Å². The molecule has 3 N–H and O–H groups in total. The third kappa shape index (κ3) is 3.46. The maximum absolute atomic E-state index is 11.8. The summed E-state index contributed by atoms with van der Waals surface area (Å²) in [4.78, 5) is 11.8. The average molecular weight is 228 g/mol. The van der Waals surface area contributed by atoms with Gasteiger partial charge in [0.2, 0.25) is 5.91 Å². The molecule has 1 amide bonds. The number of carbonyl (C=O) groups is 1. The molecule has 0 bridgehead atoms. The summed E-state index contributed by atoms with van der Waals surface area (Å²) in [7, 11) is 1.65. The van der Waals surface area contributed by atoms with Crippen molar-refractivity contribution in [3.63, 3.8) is 0 Å². The summed E-state index contributed by atoms with van der Waals surface area (Å²) in [6, 6.07) is 0. The molecular formula is C12H24N2O2. The van der Waals surface area contributed by atoms with Gasteiger partial charge in [0.25, 0.3) is 0 Å². The fourth-order valence-corrected chi connectivity index (χ4v) is 1.92. The molecule has 1 aliphatic rings. The minimum absolute atomic E-state index is 0.0846. The van der Waals surface area contributed by atoms with Crippen molar-refractivity contribution < 1.29 is 9.53 Å². The van der Waals surface area contributed by atoms with E-state index in [1.165, 1.54) is 6.42 Å². The molecule has 1 rings (SSSR count). The van der Waals surface area contributed by atoms with E-state index in [9.17, 15) is 4.79 Å². The van der Waals surface area contributed by atoms with Gasteiger partial charge in [0.1, 0.15) is 0 Å². The first-order valence-electron chi connectivity index (χ1n) is 5.95. The number of nitrogens with two attached hydrogens (primary N) is 1. The number of carbonyl (C=O) groups excluding carboxylic acids is 1. The highest BCUT2D eigenvalue weighted by atomic mass is 16.5. The number of ether oxygens (including phenoxy) is 1. The highest BCUT2D eigenvalue weighted by Crippen LogP contribution is 2.42. The maximum Gasteiger partial charge on any atom is 0.220 e. The molecule has 4 heteroatoms. The van der Waals surface area contributed by atoms with Crippen LogP contribution in [-0.2, 0) is 9.53 Å². The van der Waals surface area contributed by atoms with Crippen LogP contribution in [0.5, 0.6) is 0 Å². The van der Waals surface area contributed by atoms with Gasteiger partial charge in [0.15, 0.2) is 0 Å². The molecule has 16 heavy (non-hydrogen) atoms. The molecule has 0 spiro atoms. The molecule has 0 aromatic carbocycles. The van der Waals surface area contributed by atoms with Crippen LogP contribution in [0.25, 0.3) is 0 Å². The van der Waals surface area contributed by atoms with Gasteiger partial charge in [-0.2, -0.15) is 0 Å². The zero-order valence-corrected chi connectivity index (χ0v) is 10.6. The van der Waals surface area contributed by atoms with Crippen molar-refractivity contribution in [2.24, 2.45) is 11.1 Å². The van der Waals surface area contributed by atoms with Crippen molar-refractivity contribution >= 4 is 5.91 Å². The molecule has 0 atom stereocenters. The van der Waals surface area contributed by atoms with Gasteiger partial charge >= 0.3 is 0 Å². The van der Waals surface area contributed by atoms with Gasteiger partial charge in [0, 0.05) is 20.1 Å². The van der Waals surface area contributed by atoms with Gasteiger partial charge in [-0.25, -0.2) is 0 Å². The van der Waals surface area contributed by atoms with E-state index in [2.05, 4.69) is 5.32 Å². The van der Waals surface area contributed by atoms with Crippen molar-refractivity contribution in [1.82, 2.24) is 5.32 Å². The molecule has 94 valence electrons. The monoisotopic (exact) mass is 228 g/mol. The van der Waals surface area contributed by atoms with Crippen LogP contribution in [0.2, 0.25) is 0 Å². The predicted octanol–water partition coefficient (Wildman–Crippen LogP) is 1.05. The third-order valence-corrected chi connectivity index (χ3v) is 3.65. The standard InChI is InChI=1S/C12H24N2O2/c1-11(2,16-3)9-14-10(15)7-12(8-13)5-4-6-12/h4-9,13H2,1-3H3,(H,14,15). The van der Waals surface area contributed by atoms with E-state index in [4.69, 9.17) is 10.5 Å². The second kappa shape index (κ2) is 5.15. The summed E-state index contributed by atoms with van der Waals surface area (Å²) in [5.74, 6) is 0.0928. The lowest BCUT2D eigenvalue weighted by molar-refractivity contribution is -0.126. The zero-order chi connectivity index (χ0) is 12.2. The number of hydrogen-bond donors (Lipinski definition) is 2. The Labute approximate surface area is 97.9 Å². The van der Waals surface area contributed by atoms with E-state index in [1.54, 1.807) is 7.11 Å². The Morgan fingerprint density at radius 2 is 2.12 bits per heavy atom. The molecule has 1 fully saturated rings. The van der Waals surface area contributed by atoms with E-state index in [0.717, 1.165) is 12.8 Å². The molecule has 0 aromatic heterocycles. The van der Waals surface area contributed by atoms with Crippen LogP contribution < -0.4 is 11.1 Å². The Kier molecular flexibility index (Phi) is 4.33. The fourth-order valence-electron chi connectivity index (χ4n) is 1.92. The molecule has 0 saturated heterocycles. The lowest BCUT2D eigenvalue weighted by Crippen LogP contribution is -2.45. The molecule has 0 aliphatic heterocycles. The zero-order valence-electron chi connectivity index (χ0n) is 10.6. The molecule has 1 aliphatic carbocycles. The number of methoxy groups -OCH3 is 1. The second-order valence-corrected chi connectivity index (χ2v) is 5.48. The minimum atomic E-state index is -0.300. The van der Waals surface area contributed by atoms with Gasteiger partial charge < -0.3 is 15.8 Å². The number of nitrogens with one attached hydrogen (secondary N) is 1. The second-order valence-electron chi connectivity index (χ2n) is 5.48. The molecular weight excluding hydrogens is 204 g/mol. The summed E-state index contributed by atoms with van der Waals surface area (Å²) >= 11 is 0. The predicted molar refractivity (Wildman–Crippen MR) is 64.1 cm³/mol. The minimum Gasteiger partial charge on any atom is -0.377 e. The van der Waals surface area contributed by atoms with Crippen LogP contribution in [0.4, 0.5) is 0 Å². The Balaban J connectivity index is 2.31. The number of rotatable bonds is 6. The van der Waals surface area contributed by atoms with Crippen molar-refractivity contribution in [3.8, 4) is 0 Å². The molecule has 4 nitrogen and oxygen atoms in total. The van der Waals surface area contributed by atoms with E-state index >= 15 is 0 Å². The van der Waals surface area contributed by atoms with Crippen LogP contribution in [0.15, 0.2) is 0 Å². The van der Waals surface area contributed by atoms with Gasteiger partial charge in [-0.3, -0.25) is 4.79 Å². The molecule has 0 aromatic rings. The maximum atomic E-state index is 11.8. The molecule has 0 unspecified atom stereocenters. The average Bonchev–Trinajstić information content (AvgIpc) is 2.21. The van der Waals surface area contributed by atoms with Gasteiger partial charge in [-0.05, 0) is 38.6 Å². The highest BCUT2D eigenvalue weighted by Gasteiger charge is 2.37. The first-order chi connectivity index (χ1) is 7.43. The van der Waals surface area contributed by atoms with Gasteiger partial charge in [-0.15, -0.1) is 0 Å². The highest BCUT2D eigenvalue weighted by molar-refractivity contribution is 5.76. The van der Waals surface area contributed by atoms with Gasteiger partial charge in [0.05, 0.1) is 5.60 Å². The van der Waals surface area contributed by atoms with Crippen LogP contribution >= 0.6 is 0 Å². The summed E-state index contributed by atoms with van der Waals surface area (Å²) < 4.78 is 5.25. The third-order valence-electron chi connectivity index (χ3n) is 3.65. The van der Waals surface area contributed by atoms with Crippen molar-refractivity contribution in [1.29, 1.82) is 0 Å². The lowest BCUT2D eigenvalue weighted by atomic mass is 9.66. The first-order valence-corrected chi connectivity index (χ1v) is 5.95. The van der Waals surface area contributed by atoms with E-state index in [0.29, 0.717) is 19.5 Å². The van der Waals surface area contributed by atoms with Gasteiger partial charge in [-0.1, -0.05) is 6.42 Å². The summed E-state index contributed by atoms with van der Waals surface area (Å²) in [6.45, 7) is 5.07. The normalized spacial score (nSPS) is 19.0. The van der Waals surface area contributed by atoms with Crippen LogP contribution in [0.3, 0.4) is 0 Å². The Bertz CT molecular complexity index is 242. The summed E-state index contributed by atoms with van der Waals surface area (Å²) in [6.07, 6.45) is 3.94. The Morgan fingerprint density at radius 3 is 2.50 bits per heavy atom. The largest absolute Gasteiger partial charge is 0.377 e. The lowest BCUT2D eigenvalue weighted by Gasteiger charge is -2.40. The molecule has 0 radical (unpaired) electrons. The van der Waals surface area contributed by atoms with Crippen molar-refractivity contribution in [3.05, 3.63) is 0 Å². The smallest absolute Gasteiger partial charge is 0.220 e. The fraction of sp³-hybridized carbons (Fsp3) is 0.917. The van der Waals surface area contributed by atoms with Crippen molar-refractivity contribution in [2.75, 3.05) is 20.2 Å². The molecule has 0 heterocycles. The Morgan fingerprint density at radius 1 is 1.50 bits per heavy atom. The SMILES string of the molecule is COC(C)(C)CNC(=O)CC1(CN)CCC1. The van der Waals surface area contributed by atoms with Crippen molar-refractivity contribution in [2.45, 2.75) is 45.1 Å². The number of amides is 1. The van der Waals surface area contributed by atoms with Crippen LogP contribution in [0.1, 0.15) is 39.5 Å². The molecule has 1 saturated carbocycles. The quantitative estimate of drug-likeness (QED) is 0.714. The topological polar surface area (TPSA) is 64.3 Å². The number of hydrogen-bond acceptors (Lipinski definition) is 3. The first kappa shape index (κ1) is 13.5. The van der Waals surface area contributed by atoms with E-state index in [1.807, 2.05) is 13.8 Å². The van der Waals surface area contributed by atoms with E-state index < -0.39 is 0 Å². The summed E-state index contributed by atoms with van der Waals surface area (Å²) in [5.41, 5.74) is 5.50. The Hall–Kier alpha value is -0.610. The van der Waals surface area contributed by atoms with E-state index in [-0.39, 0.29) is 16.9 Å². The summed E-state index contributed by atoms with van der Waals surface area (Å²) in [5, 5.41) is 2.91. The van der Waals surface area contributed by atoms with Crippen LogP contribution in [-0.4, -0.2) is 31.7 Å².